The topological polar surface area (TPSA) is 0 Å². The molecule has 2 aliphatic carbocycles. The molecule has 0 N–H and O–H groups in total. The zero-order valence-corrected chi connectivity index (χ0v) is 16.8. The summed E-state index contributed by atoms with van der Waals surface area (Å²) in [5.41, 5.74) is 11.6. The van der Waals surface area contributed by atoms with Crippen molar-refractivity contribution in [3.05, 3.63) is 148 Å². The van der Waals surface area contributed by atoms with Crippen molar-refractivity contribution in [1.82, 2.24) is 0 Å². The third-order valence-electron chi connectivity index (χ3n) is 6.06. The lowest BCUT2D eigenvalue weighted by Gasteiger charge is -2.15. The van der Waals surface area contributed by atoms with Crippen molar-refractivity contribution in [3.63, 3.8) is 0 Å². The van der Waals surface area contributed by atoms with E-state index in [4.69, 9.17) is 0 Å². The van der Waals surface area contributed by atoms with Crippen LogP contribution in [0.1, 0.15) is 27.8 Å². The van der Waals surface area contributed by atoms with E-state index in [0.717, 1.165) is 11.1 Å². The van der Waals surface area contributed by atoms with Crippen LogP contribution in [0.25, 0.3) is 28.4 Å². The Kier molecular flexibility index (Phi) is 4.07. The quantitative estimate of drug-likeness (QED) is 0.331. The molecule has 0 saturated carbocycles. The van der Waals surface area contributed by atoms with Gasteiger partial charge in [-0.2, -0.15) is 0 Å². The second-order valence-electron chi connectivity index (χ2n) is 7.89. The van der Waals surface area contributed by atoms with Gasteiger partial charge < -0.3 is 0 Å². The molecular weight excluding hydrogens is 379 g/mol. The lowest BCUT2D eigenvalue weighted by Crippen LogP contribution is -1.93. The van der Waals surface area contributed by atoms with Crippen molar-refractivity contribution < 1.29 is 4.39 Å². The molecule has 0 aliphatic heterocycles. The molecule has 6 rings (SSSR count). The van der Waals surface area contributed by atoms with Crippen molar-refractivity contribution >= 4 is 28.4 Å². The maximum Gasteiger partial charge on any atom is 0.123 e. The summed E-state index contributed by atoms with van der Waals surface area (Å²) in [6.07, 6.45) is 2.15. The Hall–Kier alpha value is -3.97. The summed E-state index contributed by atoms with van der Waals surface area (Å²) in [6, 6.07) is 36.7. The molecule has 0 atom stereocenters. The highest BCUT2D eigenvalue weighted by molar-refractivity contribution is 6.37. The van der Waals surface area contributed by atoms with Crippen LogP contribution in [-0.2, 0) is 0 Å². The first-order valence-electron chi connectivity index (χ1n) is 10.5. The predicted octanol–water partition coefficient (Wildman–Crippen LogP) is 7.76. The van der Waals surface area contributed by atoms with Gasteiger partial charge in [-0.25, -0.2) is 4.39 Å². The van der Waals surface area contributed by atoms with Crippen LogP contribution >= 0.6 is 0 Å². The highest BCUT2D eigenvalue weighted by Gasteiger charge is 2.36. The Bertz CT molecular complexity index is 1390. The molecular formula is C30H19F. The van der Waals surface area contributed by atoms with Crippen molar-refractivity contribution in [2.24, 2.45) is 0 Å². The van der Waals surface area contributed by atoms with E-state index in [-0.39, 0.29) is 5.82 Å². The summed E-state index contributed by atoms with van der Waals surface area (Å²) < 4.78 is 14.1. The van der Waals surface area contributed by atoms with Crippen LogP contribution in [-0.4, -0.2) is 0 Å². The molecule has 4 aromatic carbocycles. The number of allylic oxidation sites excluding steroid dienone is 5. The number of halogens is 1. The van der Waals surface area contributed by atoms with Gasteiger partial charge in [0, 0.05) is 0 Å². The lowest BCUT2D eigenvalue weighted by molar-refractivity contribution is 0.627. The van der Waals surface area contributed by atoms with Gasteiger partial charge in [-0.1, -0.05) is 97.1 Å². The Balaban J connectivity index is 1.74. The van der Waals surface area contributed by atoms with Crippen LogP contribution in [0.15, 0.2) is 115 Å². The highest BCUT2D eigenvalue weighted by Crippen LogP contribution is 2.58. The van der Waals surface area contributed by atoms with E-state index < -0.39 is 0 Å². The van der Waals surface area contributed by atoms with Crippen molar-refractivity contribution in [2.45, 2.75) is 0 Å². The number of hydrogen-bond donors (Lipinski definition) is 0. The molecule has 146 valence electrons. The molecule has 31 heavy (non-hydrogen) atoms. The molecule has 0 spiro atoms. The summed E-state index contributed by atoms with van der Waals surface area (Å²) >= 11 is 0. The van der Waals surface area contributed by atoms with E-state index in [0.29, 0.717) is 0 Å². The SMILES string of the molecule is Fc1ccc2c(c1)C=C1C(c3ccccc3)=C(c3ccccc3)C(c3ccccc3)=C12. The second-order valence-corrected chi connectivity index (χ2v) is 7.89. The molecule has 4 aromatic rings. The van der Waals surface area contributed by atoms with Crippen LogP contribution in [0.4, 0.5) is 4.39 Å². The summed E-state index contributed by atoms with van der Waals surface area (Å²) in [6.45, 7) is 0. The fraction of sp³-hybridized carbons (Fsp3) is 0. The largest absolute Gasteiger partial charge is 0.207 e. The van der Waals surface area contributed by atoms with Gasteiger partial charge in [-0.15, -0.1) is 0 Å². The predicted molar refractivity (Wildman–Crippen MR) is 127 cm³/mol. The number of fused-ring (bicyclic) bond motifs is 3. The Labute approximate surface area is 181 Å². The average molecular weight is 398 g/mol. The van der Waals surface area contributed by atoms with Crippen LogP contribution in [0.2, 0.25) is 0 Å². The van der Waals surface area contributed by atoms with Crippen LogP contribution < -0.4 is 0 Å². The molecule has 0 amide bonds. The fourth-order valence-electron chi connectivity index (χ4n) is 4.80. The molecule has 0 fully saturated rings. The standard InChI is InChI=1S/C30H19F/c31-24-16-17-25-23(18-24)19-26-27(20-10-4-1-5-11-20)28(21-12-6-2-7-13-21)29(30(25)26)22-14-8-3-9-15-22/h1-19H. The minimum absolute atomic E-state index is 0.203. The summed E-state index contributed by atoms with van der Waals surface area (Å²) in [5, 5.41) is 0. The van der Waals surface area contributed by atoms with Gasteiger partial charge >= 0.3 is 0 Å². The fourth-order valence-corrected chi connectivity index (χ4v) is 4.80. The summed E-state index contributed by atoms with van der Waals surface area (Å²) in [4.78, 5) is 0. The van der Waals surface area contributed by atoms with Gasteiger partial charge in [0.25, 0.3) is 0 Å². The summed E-state index contributed by atoms with van der Waals surface area (Å²) in [7, 11) is 0. The van der Waals surface area contributed by atoms with E-state index >= 15 is 0 Å². The van der Waals surface area contributed by atoms with E-state index in [9.17, 15) is 4.39 Å². The maximum atomic E-state index is 14.1. The normalized spacial score (nSPS) is 14.5. The maximum absolute atomic E-state index is 14.1. The highest BCUT2D eigenvalue weighted by atomic mass is 19.1. The van der Waals surface area contributed by atoms with Crippen LogP contribution in [0.3, 0.4) is 0 Å². The third kappa shape index (κ3) is 2.82. The van der Waals surface area contributed by atoms with E-state index in [1.807, 2.05) is 18.2 Å². The lowest BCUT2D eigenvalue weighted by atomic mass is 9.88. The van der Waals surface area contributed by atoms with Gasteiger partial charge in [-0.3, -0.25) is 0 Å². The molecule has 0 bridgehead atoms. The van der Waals surface area contributed by atoms with Crippen LogP contribution in [0.5, 0.6) is 0 Å². The van der Waals surface area contributed by atoms with Gasteiger partial charge in [0.15, 0.2) is 0 Å². The smallest absolute Gasteiger partial charge is 0.123 e. The minimum Gasteiger partial charge on any atom is -0.207 e. The molecule has 0 nitrogen and oxygen atoms in total. The number of benzene rings is 4. The van der Waals surface area contributed by atoms with Gasteiger partial charge in [0.2, 0.25) is 0 Å². The van der Waals surface area contributed by atoms with Crippen LogP contribution in [0, 0.1) is 5.82 Å². The molecule has 0 radical (unpaired) electrons. The Morgan fingerprint density at radius 3 is 1.48 bits per heavy atom. The van der Waals surface area contributed by atoms with Crippen molar-refractivity contribution in [3.8, 4) is 0 Å². The van der Waals surface area contributed by atoms with Gasteiger partial charge in [0.1, 0.15) is 5.82 Å². The molecule has 0 aromatic heterocycles. The zero-order valence-electron chi connectivity index (χ0n) is 16.8. The van der Waals surface area contributed by atoms with E-state index in [1.54, 1.807) is 12.1 Å². The first kappa shape index (κ1) is 17.9. The molecule has 0 saturated heterocycles. The first-order valence-corrected chi connectivity index (χ1v) is 10.5. The van der Waals surface area contributed by atoms with Crippen molar-refractivity contribution in [1.29, 1.82) is 0 Å². The zero-order chi connectivity index (χ0) is 20.8. The van der Waals surface area contributed by atoms with E-state index in [1.165, 1.54) is 44.6 Å². The molecule has 2 aliphatic rings. The van der Waals surface area contributed by atoms with Gasteiger partial charge in [0.05, 0.1) is 0 Å². The monoisotopic (exact) mass is 398 g/mol. The molecule has 1 heteroatoms. The first-order chi connectivity index (χ1) is 15.3. The minimum atomic E-state index is -0.203. The summed E-state index contributed by atoms with van der Waals surface area (Å²) in [5.74, 6) is -0.203. The van der Waals surface area contributed by atoms with E-state index in [2.05, 4.69) is 84.9 Å². The average Bonchev–Trinajstić information content (AvgIpc) is 3.34. The number of hydrogen-bond acceptors (Lipinski definition) is 0. The molecule has 0 unspecified atom stereocenters. The third-order valence-corrected chi connectivity index (χ3v) is 6.06. The number of rotatable bonds is 3. The molecule has 0 heterocycles. The van der Waals surface area contributed by atoms with Crippen molar-refractivity contribution in [2.75, 3.05) is 0 Å². The Morgan fingerprint density at radius 1 is 0.452 bits per heavy atom. The van der Waals surface area contributed by atoms with Gasteiger partial charge in [-0.05, 0) is 73.9 Å². The Morgan fingerprint density at radius 2 is 0.935 bits per heavy atom. The second kappa shape index (κ2) is 7.07.